The molecule has 2 aromatic carbocycles. The van der Waals surface area contributed by atoms with Gasteiger partial charge in [0.1, 0.15) is 0 Å². The molecule has 0 aliphatic carbocycles. The molecule has 0 unspecified atom stereocenters. The van der Waals surface area contributed by atoms with Crippen LogP contribution in [0, 0.1) is 0 Å². The van der Waals surface area contributed by atoms with E-state index in [9.17, 15) is 18.0 Å². The quantitative estimate of drug-likeness (QED) is 0.223. The number of guanidine groups is 1. The van der Waals surface area contributed by atoms with Crippen molar-refractivity contribution in [3.63, 3.8) is 0 Å². The first-order valence-corrected chi connectivity index (χ1v) is 9.15. The van der Waals surface area contributed by atoms with Crippen molar-refractivity contribution in [2.75, 3.05) is 26.9 Å². The monoisotopic (exact) mass is 550 g/mol. The average Bonchev–Trinajstić information content (AvgIpc) is 3.20. The summed E-state index contributed by atoms with van der Waals surface area (Å²) in [5, 5.41) is 8.83. The Morgan fingerprint density at radius 2 is 1.68 bits per heavy atom. The highest BCUT2D eigenvalue weighted by molar-refractivity contribution is 14.0. The standard InChI is InChI=1S/C20H21F3N4O3.HI/c1-24-19(27-11-13-2-7-16-17(10-13)30-12-29-16)26-9-8-25-18(28)14-3-5-15(6-4-14)20(21,22)23;/h2-7,10H,8-9,11-12H2,1H3,(H,25,28)(H2,24,26,27);1H. The molecule has 0 spiro atoms. The van der Waals surface area contributed by atoms with Crippen LogP contribution >= 0.6 is 24.0 Å². The molecule has 1 aliphatic rings. The predicted octanol–water partition coefficient (Wildman–Crippen LogP) is 3.15. The van der Waals surface area contributed by atoms with Gasteiger partial charge in [-0.2, -0.15) is 13.2 Å². The summed E-state index contributed by atoms with van der Waals surface area (Å²) in [6, 6.07) is 9.70. The van der Waals surface area contributed by atoms with E-state index in [0.717, 1.165) is 29.8 Å². The molecule has 0 fully saturated rings. The first-order valence-electron chi connectivity index (χ1n) is 9.15. The van der Waals surface area contributed by atoms with E-state index in [1.807, 2.05) is 18.2 Å². The third-order valence-corrected chi connectivity index (χ3v) is 4.30. The van der Waals surface area contributed by atoms with Crippen molar-refractivity contribution in [2.24, 2.45) is 4.99 Å². The van der Waals surface area contributed by atoms with E-state index in [-0.39, 0.29) is 42.9 Å². The summed E-state index contributed by atoms with van der Waals surface area (Å²) in [6.07, 6.45) is -4.43. The summed E-state index contributed by atoms with van der Waals surface area (Å²) in [4.78, 5) is 16.1. The van der Waals surface area contributed by atoms with Gasteiger partial charge in [0.15, 0.2) is 17.5 Å². The lowest BCUT2D eigenvalue weighted by Gasteiger charge is -2.13. The second-order valence-electron chi connectivity index (χ2n) is 6.37. The molecule has 0 atom stereocenters. The van der Waals surface area contributed by atoms with Gasteiger partial charge in [0.05, 0.1) is 5.56 Å². The molecule has 3 rings (SSSR count). The first kappa shape index (κ1) is 24.6. The molecule has 11 heteroatoms. The number of nitrogens with one attached hydrogen (secondary N) is 3. The van der Waals surface area contributed by atoms with Gasteiger partial charge in [0, 0.05) is 32.2 Å². The minimum Gasteiger partial charge on any atom is -0.454 e. The number of aliphatic imine (C=N–C) groups is 1. The Kier molecular flexibility index (Phi) is 8.77. The number of ether oxygens (including phenoxy) is 2. The Hall–Kier alpha value is -2.70. The van der Waals surface area contributed by atoms with E-state index in [1.165, 1.54) is 0 Å². The summed E-state index contributed by atoms with van der Waals surface area (Å²) < 4.78 is 48.3. The summed E-state index contributed by atoms with van der Waals surface area (Å²) >= 11 is 0. The number of carbonyl (C=O) groups is 1. The molecule has 0 saturated carbocycles. The normalized spacial score (nSPS) is 12.7. The highest BCUT2D eigenvalue weighted by Gasteiger charge is 2.30. The van der Waals surface area contributed by atoms with Crippen LogP contribution in [-0.4, -0.2) is 38.8 Å². The summed E-state index contributed by atoms with van der Waals surface area (Å²) in [7, 11) is 1.62. The number of halogens is 4. The maximum atomic E-state index is 12.6. The van der Waals surface area contributed by atoms with Crippen molar-refractivity contribution < 1.29 is 27.4 Å². The first-order chi connectivity index (χ1) is 14.4. The van der Waals surface area contributed by atoms with Gasteiger partial charge in [-0.15, -0.1) is 24.0 Å². The number of hydrogen-bond donors (Lipinski definition) is 3. The van der Waals surface area contributed by atoms with Gasteiger partial charge < -0.3 is 25.4 Å². The third kappa shape index (κ3) is 6.91. The molecule has 0 radical (unpaired) electrons. The van der Waals surface area contributed by atoms with Crippen LogP contribution in [0.1, 0.15) is 21.5 Å². The Labute approximate surface area is 194 Å². The van der Waals surface area contributed by atoms with Gasteiger partial charge in [0.25, 0.3) is 5.91 Å². The Bertz CT molecular complexity index is 921. The number of rotatable bonds is 6. The molecule has 0 saturated heterocycles. The van der Waals surface area contributed by atoms with Crippen LogP contribution in [0.2, 0.25) is 0 Å². The molecule has 7 nitrogen and oxygen atoms in total. The summed E-state index contributed by atoms with van der Waals surface area (Å²) in [6.45, 7) is 1.37. The molecule has 0 aromatic heterocycles. The number of benzene rings is 2. The lowest BCUT2D eigenvalue weighted by Crippen LogP contribution is -2.41. The van der Waals surface area contributed by atoms with Crippen molar-refractivity contribution in [1.82, 2.24) is 16.0 Å². The molecule has 3 N–H and O–H groups in total. The van der Waals surface area contributed by atoms with Crippen molar-refractivity contribution in [2.45, 2.75) is 12.7 Å². The fraction of sp³-hybridized carbons (Fsp3) is 0.300. The van der Waals surface area contributed by atoms with Gasteiger partial charge in [-0.1, -0.05) is 6.07 Å². The zero-order valence-corrected chi connectivity index (χ0v) is 18.9. The largest absolute Gasteiger partial charge is 0.454 e. The highest BCUT2D eigenvalue weighted by Crippen LogP contribution is 2.32. The van der Waals surface area contributed by atoms with Gasteiger partial charge in [-0.05, 0) is 42.0 Å². The van der Waals surface area contributed by atoms with Gasteiger partial charge in [0.2, 0.25) is 6.79 Å². The van der Waals surface area contributed by atoms with Crippen molar-refractivity contribution >= 4 is 35.8 Å². The highest BCUT2D eigenvalue weighted by atomic mass is 127. The van der Waals surface area contributed by atoms with E-state index in [4.69, 9.17) is 9.47 Å². The Balaban J connectivity index is 0.00000341. The number of nitrogens with zero attached hydrogens (tertiary/aromatic N) is 1. The molecular weight excluding hydrogens is 528 g/mol. The number of amides is 1. The smallest absolute Gasteiger partial charge is 0.416 e. The minimum absolute atomic E-state index is 0. The number of alkyl halides is 3. The lowest BCUT2D eigenvalue weighted by molar-refractivity contribution is -0.137. The number of hydrogen-bond acceptors (Lipinski definition) is 4. The van der Waals surface area contributed by atoms with Crippen LogP contribution in [0.5, 0.6) is 11.5 Å². The molecule has 2 aromatic rings. The van der Waals surface area contributed by atoms with E-state index in [1.54, 1.807) is 7.05 Å². The van der Waals surface area contributed by atoms with Gasteiger partial charge in [-0.25, -0.2) is 0 Å². The molecule has 0 bridgehead atoms. The Morgan fingerprint density at radius 1 is 1.00 bits per heavy atom. The fourth-order valence-electron chi connectivity index (χ4n) is 2.73. The predicted molar refractivity (Wildman–Crippen MR) is 120 cm³/mol. The van der Waals surface area contributed by atoms with Crippen LogP contribution in [0.25, 0.3) is 0 Å². The maximum Gasteiger partial charge on any atom is 0.416 e. The van der Waals surface area contributed by atoms with Crippen molar-refractivity contribution in [3.05, 3.63) is 59.2 Å². The van der Waals surface area contributed by atoms with E-state index in [0.29, 0.717) is 30.5 Å². The Morgan fingerprint density at radius 3 is 2.35 bits per heavy atom. The topological polar surface area (TPSA) is 84.0 Å². The van der Waals surface area contributed by atoms with Gasteiger partial charge >= 0.3 is 6.18 Å². The summed E-state index contributed by atoms with van der Waals surface area (Å²) in [5.41, 5.74) is 0.351. The number of carbonyl (C=O) groups excluding carboxylic acids is 1. The average molecular weight is 550 g/mol. The van der Waals surface area contributed by atoms with E-state index < -0.39 is 17.6 Å². The zero-order chi connectivity index (χ0) is 21.6. The lowest BCUT2D eigenvalue weighted by atomic mass is 10.1. The van der Waals surface area contributed by atoms with E-state index in [2.05, 4.69) is 20.9 Å². The molecular formula is C20H22F3IN4O3. The van der Waals surface area contributed by atoms with Crippen LogP contribution in [-0.2, 0) is 12.7 Å². The third-order valence-electron chi connectivity index (χ3n) is 4.30. The van der Waals surface area contributed by atoms with Crippen LogP contribution in [0.15, 0.2) is 47.5 Å². The fourth-order valence-corrected chi connectivity index (χ4v) is 2.73. The second kappa shape index (κ2) is 11.1. The second-order valence-corrected chi connectivity index (χ2v) is 6.37. The number of fused-ring (bicyclic) bond motifs is 1. The molecule has 1 amide bonds. The molecule has 1 aliphatic heterocycles. The molecule has 31 heavy (non-hydrogen) atoms. The molecule has 1 heterocycles. The van der Waals surface area contributed by atoms with Crippen LogP contribution in [0.4, 0.5) is 13.2 Å². The maximum absolute atomic E-state index is 12.6. The van der Waals surface area contributed by atoms with Crippen LogP contribution < -0.4 is 25.4 Å². The summed E-state index contributed by atoms with van der Waals surface area (Å²) in [5.74, 6) is 1.50. The molecule has 168 valence electrons. The zero-order valence-electron chi connectivity index (χ0n) is 16.6. The van der Waals surface area contributed by atoms with E-state index >= 15 is 0 Å². The SMILES string of the molecule is CN=C(NCCNC(=O)c1ccc(C(F)(F)F)cc1)NCc1ccc2c(c1)OCO2.I. The van der Waals surface area contributed by atoms with Crippen LogP contribution in [0.3, 0.4) is 0 Å². The minimum atomic E-state index is -4.43. The van der Waals surface area contributed by atoms with Gasteiger partial charge in [-0.3, -0.25) is 9.79 Å². The van der Waals surface area contributed by atoms with Crippen molar-refractivity contribution in [1.29, 1.82) is 0 Å². The van der Waals surface area contributed by atoms with Crippen molar-refractivity contribution in [3.8, 4) is 11.5 Å².